The third kappa shape index (κ3) is 9.31. The Morgan fingerprint density at radius 3 is 1.53 bits per heavy atom. The predicted octanol–water partition coefficient (Wildman–Crippen LogP) is 11.0. The number of benzene rings is 3. The van der Waals surface area contributed by atoms with Gasteiger partial charge in [-0.25, -0.2) is 15.0 Å². The lowest BCUT2D eigenvalue weighted by molar-refractivity contribution is -0.0893. The molecule has 2 aliphatic carbocycles. The predicted molar refractivity (Wildman–Crippen MR) is 221 cm³/mol. The first-order chi connectivity index (χ1) is 25.0. The van der Waals surface area contributed by atoms with Crippen LogP contribution in [0.3, 0.4) is 0 Å². The molecule has 1 N–H and O–H groups in total. The van der Waals surface area contributed by atoms with E-state index in [1.54, 1.807) is 21.3 Å². The summed E-state index contributed by atoms with van der Waals surface area (Å²) in [6.07, 6.45) is 12.8. The standard InChI is InChI=1S/C47H63BN3O2/c1-32-14-12-28-47(9,31-34(3)29-32)39-23-17-36(18-24-39)42-49-41(35-15-21-38(22-16-35)46(8)27-11-10-13-33(2)30-46)50-43(51-42)37-19-25-40(26-20-37)48-53-45(6,7)44(4,5)52/h15-26,32-34,52H,10-14,27-31H2,1-9H3/t32?,33-,34+,46?,47?/m0/s1. The topological polar surface area (TPSA) is 68.1 Å². The van der Waals surface area contributed by atoms with E-state index in [2.05, 4.69) is 83.1 Å². The van der Waals surface area contributed by atoms with Crippen molar-refractivity contribution in [3.8, 4) is 34.2 Å². The van der Waals surface area contributed by atoms with Gasteiger partial charge in [-0.3, -0.25) is 0 Å². The molecule has 1 radical (unpaired) electrons. The zero-order valence-corrected chi connectivity index (χ0v) is 34.0. The summed E-state index contributed by atoms with van der Waals surface area (Å²) in [7, 11) is 1.71. The Morgan fingerprint density at radius 2 is 1.04 bits per heavy atom. The lowest BCUT2D eigenvalue weighted by atomic mass is 9.68. The Hall–Kier alpha value is -3.35. The number of aliphatic hydroxyl groups is 1. The molecule has 2 saturated carbocycles. The third-order valence-corrected chi connectivity index (χ3v) is 13.0. The molecule has 3 unspecified atom stereocenters. The van der Waals surface area contributed by atoms with E-state index in [0.717, 1.165) is 34.0 Å². The molecule has 6 heteroatoms. The van der Waals surface area contributed by atoms with E-state index in [1.165, 1.54) is 75.3 Å². The first kappa shape index (κ1) is 39.4. The van der Waals surface area contributed by atoms with E-state index >= 15 is 0 Å². The van der Waals surface area contributed by atoms with Gasteiger partial charge >= 0.3 is 7.48 Å². The highest BCUT2D eigenvalue weighted by molar-refractivity contribution is 6.47. The minimum Gasteiger partial charge on any atom is -0.427 e. The van der Waals surface area contributed by atoms with Gasteiger partial charge in [0, 0.05) is 16.7 Å². The molecule has 53 heavy (non-hydrogen) atoms. The molecule has 5 atom stereocenters. The molecule has 281 valence electrons. The maximum absolute atomic E-state index is 10.5. The largest absolute Gasteiger partial charge is 0.427 e. The molecule has 4 aromatic rings. The van der Waals surface area contributed by atoms with E-state index in [-0.39, 0.29) is 10.8 Å². The fraction of sp³-hybridized carbons (Fsp3) is 0.553. The second kappa shape index (κ2) is 15.8. The van der Waals surface area contributed by atoms with Crippen molar-refractivity contribution in [1.82, 2.24) is 15.0 Å². The van der Waals surface area contributed by atoms with Crippen molar-refractivity contribution in [3.05, 3.63) is 83.9 Å². The van der Waals surface area contributed by atoms with Gasteiger partial charge in [0.2, 0.25) is 0 Å². The van der Waals surface area contributed by atoms with Gasteiger partial charge in [0.15, 0.2) is 17.5 Å². The molecule has 0 amide bonds. The zero-order chi connectivity index (χ0) is 38.0. The fourth-order valence-electron chi connectivity index (χ4n) is 8.98. The van der Waals surface area contributed by atoms with Gasteiger partial charge < -0.3 is 9.76 Å². The van der Waals surface area contributed by atoms with Gasteiger partial charge in [0.1, 0.15) is 0 Å². The van der Waals surface area contributed by atoms with Crippen LogP contribution >= 0.6 is 0 Å². The van der Waals surface area contributed by atoms with E-state index in [4.69, 9.17) is 19.6 Å². The minimum absolute atomic E-state index is 0.172. The fourth-order valence-corrected chi connectivity index (χ4v) is 8.98. The van der Waals surface area contributed by atoms with Crippen molar-refractivity contribution in [2.45, 2.75) is 149 Å². The number of nitrogens with zero attached hydrogens (tertiary/aromatic N) is 3. The maximum Gasteiger partial charge on any atom is 0.330 e. The molecule has 1 heterocycles. The van der Waals surface area contributed by atoms with Crippen molar-refractivity contribution in [2.75, 3.05) is 0 Å². The summed E-state index contributed by atoms with van der Waals surface area (Å²) in [6.45, 7) is 19.5. The molecule has 1 aromatic heterocycles. The Morgan fingerprint density at radius 1 is 0.604 bits per heavy atom. The summed E-state index contributed by atoms with van der Waals surface area (Å²) < 4.78 is 6.02. The molecule has 0 aliphatic heterocycles. The smallest absolute Gasteiger partial charge is 0.330 e. The summed E-state index contributed by atoms with van der Waals surface area (Å²) in [5.41, 5.74) is 5.26. The highest BCUT2D eigenvalue weighted by atomic mass is 16.5. The molecule has 0 spiro atoms. The average Bonchev–Trinajstić information content (AvgIpc) is 3.30. The normalized spacial score (nSPS) is 26.0. The van der Waals surface area contributed by atoms with Gasteiger partial charge in [-0.2, -0.15) is 0 Å². The maximum atomic E-state index is 10.5. The van der Waals surface area contributed by atoms with Crippen LogP contribution in [0.15, 0.2) is 72.8 Å². The van der Waals surface area contributed by atoms with Gasteiger partial charge in [-0.1, -0.05) is 145 Å². The summed E-state index contributed by atoms with van der Waals surface area (Å²) in [5.74, 6) is 4.28. The molecular formula is C47H63BN3O2. The molecule has 0 bridgehead atoms. The van der Waals surface area contributed by atoms with Crippen molar-refractivity contribution in [3.63, 3.8) is 0 Å². The van der Waals surface area contributed by atoms with Crippen LogP contribution in [0.5, 0.6) is 0 Å². The first-order valence-electron chi connectivity index (χ1n) is 20.4. The quantitative estimate of drug-likeness (QED) is 0.138. The molecule has 5 nitrogen and oxygen atoms in total. The van der Waals surface area contributed by atoms with Gasteiger partial charge in [0.25, 0.3) is 0 Å². The summed E-state index contributed by atoms with van der Waals surface area (Å²) in [4.78, 5) is 15.3. The Balaban J connectivity index is 1.33. The van der Waals surface area contributed by atoms with E-state index in [9.17, 15) is 5.11 Å². The van der Waals surface area contributed by atoms with Gasteiger partial charge in [-0.05, 0) is 99.5 Å². The van der Waals surface area contributed by atoms with Crippen LogP contribution in [0.1, 0.15) is 138 Å². The summed E-state index contributed by atoms with van der Waals surface area (Å²) in [5, 5.41) is 10.5. The highest BCUT2D eigenvalue weighted by Gasteiger charge is 2.36. The Bertz CT molecular complexity index is 1820. The monoisotopic (exact) mass is 713 g/mol. The van der Waals surface area contributed by atoms with Gasteiger partial charge in [0.05, 0.1) is 11.2 Å². The van der Waals surface area contributed by atoms with Crippen LogP contribution in [-0.2, 0) is 15.5 Å². The van der Waals surface area contributed by atoms with E-state index in [1.807, 2.05) is 38.1 Å². The molecular weight excluding hydrogens is 649 g/mol. The summed E-state index contributed by atoms with van der Waals surface area (Å²) in [6, 6.07) is 26.2. The molecule has 2 fully saturated rings. The van der Waals surface area contributed by atoms with E-state index < -0.39 is 11.2 Å². The SMILES string of the molecule is CC1CCCC(C)(c2ccc(-c3nc(-c4ccc([B]OC(C)(C)C(C)(C)O)cc4)nc(-c4ccc(C5(C)CCCC[C@H](C)C5)cc4)n3)cc2)C[C@H](C)C1. The van der Waals surface area contributed by atoms with Gasteiger partial charge in [-0.15, -0.1) is 0 Å². The first-order valence-corrected chi connectivity index (χ1v) is 20.4. The highest BCUT2D eigenvalue weighted by Crippen LogP contribution is 2.42. The number of aromatic nitrogens is 3. The molecule has 2 aliphatic rings. The van der Waals surface area contributed by atoms with Crippen LogP contribution < -0.4 is 5.46 Å². The van der Waals surface area contributed by atoms with Crippen molar-refractivity contribution < 1.29 is 9.76 Å². The number of hydrogen-bond acceptors (Lipinski definition) is 5. The average molecular weight is 713 g/mol. The third-order valence-electron chi connectivity index (χ3n) is 13.0. The van der Waals surface area contributed by atoms with Crippen LogP contribution in [0, 0.1) is 17.8 Å². The minimum atomic E-state index is -0.993. The van der Waals surface area contributed by atoms with Crippen LogP contribution in [0.25, 0.3) is 34.2 Å². The number of rotatable bonds is 9. The van der Waals surface area contributed by atoms with Crippen molar-refractivity contribution in [2.24, 2.45) is 17.8 Å². The second-order valence-electron chi connectivity index (χ2n) is 18.6. The Labute approximate surface area is 321 Å². The van der Waals surface area contributed by atoms with Crippen LogP contribution in [-0.4, -0.2) is 38.7 Å². The lowest BCUT2D eigenvalue weighted by Crippen LogP contribution is -2.49. The van der Waals surface area contributed by atoms with Crippen LogP contribution in [0.2, 0.25) is 0 Å². The van der Waals surface area contributed by atoms with Crippen molar-refractivity contribution in [1.29, 1.82) is 0 Å². The lowest BCUT2D eigenvalue weighted by Gasteiger charge is -2.37. The molecule has 3 aromatic carbocycles. The second-order valence-corrected chi connectivity index (χ2v) is 18.6. The zero-order valence-electron chi connectivity index (χ0n) is 34.0. The summed E-state index contributed by atoms with van der Waals surface area (Å²) >= 11 is 0. The number of hydrogen-bond donors (Lipinski definition) is 1. The molecule has 6 rings (SSSR count). The molecule has 0 saturated heterocycles. The van der Waals surface area contributed by atoms with Crippen LogP contribution in [0.4, 0.5) is 0 Å². The van der Waals surface area contributed by atoms with E-state index in [0.29, 0.717) is 23.4 Å². The Kier molecular flexibility index (Phi) is 11.7. The van der Waals surface area contributed by atoms with Crippen molar-refractivity contribution >= 4 is 12.9 Å².